The molecule has 0 saturated heterocycles. The van der Waals surface area contributed by atoms with Crippen molar-refractivity contribution in [3.63, 3.8) is 0 Å². The molecule has 23 heavy (non-hydrogen) atoms. The van der Waals surface area contributed by atoms with Crippen LogP contribution in [0.4, 0.5) is 5.69 Å². The van der Waals surface area contributed by atoms with E-state index in [-0.39, 0.29) is 19.1 Å². The zero-order valence-corrected chi connectivity index (χ0v) is 13.8. The Morgan fingerprint density at radius 3 is 2.65 bits per heavy atom. The van der Waals surface area contributed by atoms with Crippen molar-refractivity contribution in [1.82, 2.24) is 4.90 Å². The van der Waals surface area contributed by atoms with E-state index in [1.165, 1.54) is 4.90 Å². The molecular formula is C17H23N3O3. The molecule has 1 N–H and O–H groups in total. The highest BCUT2D eigenvalue weighted by Gasteiger charge is 2.36. The van der Waals surface area contributed by atoms with E-state index < -0.39 is 12.0 Å². The predicted octanol–water partition coefficient (Wildman–Crippen LogP) is 2.27. The lowest BCUT2D eigenvalue weighted by atomic mass is 10.0. The van der Waals surface area contributed by atoms with Crippen LogP contribution in [0.25, 0.3) is 0 Å². The quantitative estimate of drug-likeness (QED) is 0.817. The van der Waals surface area contributed by atoms with Crippen molar-refractivity contribution in [3.05, 3.63) is 30.3 Å². The Labute approximate surface area is 136 Å². The summed E-state index contributed by atoms with van der Waals surface area (Å²) in [5.41, 5.74) is 0.818. The van der Waals surface area contributed by atoms with Crippen LogP contribution in [0.2, 0.25) is 0 Å². The number of benzene rings is 1. The fourth-order valence-electron chi connectivity index (χ4n) is 2.40. The first kappa shape index (κ1) is 17.0. The number of nitrogens with zero attached hydrogens (tertiary/aromatic N) is 2. The van der Waals surface area contributed by atoms with Gasteiger partial charge >= 0.3 is 5.97 Å². The van der Waals surface area contributed by atoms with Crippen LogP contribution >= 0.6 is 0 Å². The maximum Gasteiger partial charge on any atom is 0.326 e. The van der Waals surface area contributed by atoms with Crippen molar-refractivity contribution >= 4 is 23.5 Å². The van der Waals surface area contributed by atoms with Gasteiger partial charge in [-0.15, -0.1) is 0 Å². The first-order valence-electron chi connectivity index (χ1n) is 7.88. The molecule has 1 atom stereocenters. The van der Waals surface area contributed by atoms with Crippen LogP contribution in [0.15, 0.2) is 35.3 Å². The van der Waals surface area contributed by atoms with E-state index in [1.54, 1.807) is 6.92 Å². The molecule has 6 heteroatoms. The van der Waals surface area contributed by atoms with E-state index in [9.17, 15) is 9.59 Å². The number of ether oxygens (including phenoxy) is 1. The number of amides is 1. The molecule has 1 aromatic rings. The second-order valence-electron chi connectivity index (χ2n) is 5.82. The molecule has 1 heterocycles. The van der Waals surface area contributed by atoms with Gasteiger partial charge in [-0.3, -0.25) is 14.5 Å². The largest absolute Gasteiger partial charge is 0.465 e. The van der Waals surface area contributed by atoms with Crippen LogP contribution in [0.1, 0.15) is 27.2 Å². The van der Waals surface area contributed by atoms with E-state index in [0.29, 0.717) is 18.3 Å². The monoisotopic (exact) mass is 317 g/mol. The van der Waals surface area contributed by atoms with Crippen molar-refractivity contribution in [1.29, 1.82) is 0 Å². The van der Waals surface area contributed by atoms with Gasteiger partial charge in [0, 0.05) is 5.69 Å². The number of hydrogen-bond donors (Lipinski definition) is 1. The third-order valence-electron chi connectivity index (χ3n) is 3.40. The molecule has 6 nitrogen and oxygen atoms in total. The Morgan fingerprint density at radius 2 is 2.04 bits per heavy atom. The molecule has 0 spiro atoms. The van der Waals surface area contributed by atoms with Gasteiger partial charge in [0.05, 0.1) is 6.61 Å². The number of hydrogen-bond acceptors (Lipinski definition) is 5. The highest BCUT2D eigenvalue weighted by molar-refractivity contribution is 6.11. The van der Waals surface area contributed by atoms with Crippen LogP contribution in [-0.2, 0) is 14.3 Å². The van der Waals surface area contributed by atoms with Crippen LogP contribution in [0.3, 0.4) is 0 Å². The Morgan fingerprint density at radius 1 is 1.35 bits per heavy atom. The minimum atomic E-state index is -0.448. The van der Waals surface area contributed by atoms with Crippen LogP contribution in [0, 0.1) is 5.92 Å². The summed E-state index contributed by atoms with van der Waals surface area (Å²) < 4.78 is 4.95. The SMILES string of the molecule is CCOC(=O)CN1C(=O)[C@H](CC(C)C)N=C1Nc1ccccc1. The summed E-state index contributed by atoms with van der Waals surface area (Å²) in [6, 6.07) is 9.00. The molecule has 0 unspecified atom stereocenters. The summed E-state index contributed by atoms with van der Waals surface area (Å²) in [6.45, 7) is 5.99. The summed E-state index contributed by atoms with van der Waals surface area (Å²) in [7, 11) is 0. The number of rotatable bonds is 6. The van der Waals surface area contributed by atoms with Gasteiger partial charge in [0.1, 0.15) is 12.6 Å². The molecule has 0 fully saturated rings. The molecule has 0 aliphatic carbocycles. The Hall–Kier alpha value is -2.37. The third kappa shape index (κ3) is 4.55. The van der Waals surface area contributed by atoms with Crippen molar-refractivity contribution in [2.45, 2.75) is 33.2 Å². The van der Waals surface area contributed by atoms with Crippen LogP contribution in [0.5, 0.6) is 0 Å². The summed E-state index contributed by atoms with van der Waals surface area (Å²) in [5, 5.41) is 3.12. The van der Waals surface area contributed by atoms with Gasteiger partial charge in [-0.25, -0.2) is 4.99 Å². The van der Waals surface area contributed by atoms with Crippen LogP contribution < -0.4 is 5.32 Å². The Balaban J connectivity index is 2.17. The Kier molecular flexibility index (Phi) is 5.73. The van der Waals surface area contributed by atoms with Gasteiger partial charge in [0.2, 0.25) is 5.96 Å². The summed E-state index contributed by atoms with van der Waals surface area (Å²) >= 11 is 0. The summed E-state index contributed by atoms with van der Waals surface area (Å²) in [4.78, 5) is 30.2. The highest BCUT2D eigenvalue weighted by atomic mass is 16.5. The first-order valence-corrected chi connectivity index (χ1v) is 7.88. The van der Waals surface area contributed by atoms with E-state index in [4.69, 9.17) is 4.74 Å². The third-order valence-corrected chi connectivity index (χ3v) is 3.40. The number of carbonyl (C=O) groups excluding carboxylic acids is 2. The lowest BCUT2D eigenvalue weighted by molar-refractivity contribution is -0.146. The van der Waals surface area contributed by atoms with Gasteiger partial charge in [-0.1, -0.05) is 32.0 Å². The van der Waals surface area contributed by atoms with E-state index in [0.717, 1.165) is 5.69 Å². The second-order valence-corrected chi connectivity index (χ2v) is 5.82. The normalized spacial score (nSPS) is 17.4. The number of anilines is 1. The summed E-state index contributed by atoms with van der Waals surface area (Å²) in [6.07, 6.45) is 0.651. The van der Waals surface area contributed by atoms with Gasteiger partial charge in [-0.05, 0) is 31.4 Å². The van der Waals surface area contributed by atoms with Gasteiger partial charge in [-0.2, -0.15) is 0 Å². The van der Waals surface area contributed by atoms with Crippen LogP contribution in [-0.4, -0.2) is 41.9 Å². The van der Waals surface area contributed by atoms with Crippen molar-refractivity contribution in [2.24, 2.45) is 10.9 Å². The average molecular weight is 317 g/mol. The number of esters is 1. The molecular weight excluding hydrogens is 294 g/mol. The fourth-order valence-corrected chi connectivity index (χ4v) is 2.40. The number of aliphatic imine (C=N–C) groups is 1. The van der Waals surface area contributed by atoms with Gasteiger partial charge in [0.25, 0.3) is 5.91 Å². The van der Waals surface area contributed by atoms with Crippen molar-refractivity contribution < 1.29 is 14.3 Å². The molecule has 0 bridgehead atoms. The molecule has 1 aliphatic rings. The smallest absolute Gasteiger partial charge is 0.326 e. The maximum absolute atomic E-state index is 12.5. The fraction of sp³-hybridized carbons (Fsp3) is 0.471. The standard InChI is InChI=1S/C17H23N3O3/c1-4-23-15(21)11-20-16(22)14(10-12(2)3)19-17(20)18-13-8-6-5-7-9-13/h5-9,12,14H,4,10-11H2,1-3H3,(H,18,19)/t14-/m0/s1. The molecule has 0 saturated carbocycles. The highest BCUT2D eigenvalue weighted by Crippen LogP contribution is 2.19. The molecule has 124 valence electrons. The lowest BCUT2D eigenvalue weighted by Gasteiger charge is -2.19. The zero-order chi connectivity index (χ0) is 16.8. The lowest BCUT2D eigenvalue weighted by Crippen LogP contribution is -2.42. The second kappa shape index (κ2) is 7.76. The summed E-state index contributed by atoms with van der Waals surface area (Å²) in [5.74, 6) is 0.145. The minimum absolute atomic E-state index is 0.125. The molecule has 1 aliphatic heterocycles. The molecule has 0 radical (unpaired) electrons. The van der Waals surface area contributed by atoms with Gasteiger partial charge < -0.3 is 10.1 Å². The first-order chi connectivity index (χ1) is 11.0. The van der Waals surface area contributed by atoms with Crippen molar-refractivity contribution in [3.8, 4) is 0 Å². The van der Waals surface area contributed by atoms with Gasteiger partial charge in [0.15, 0.2) is 0 Å². The Bertz CT molecular complexity index is 584. The van der Waals surface area contributed by atoms with E-state index in [1.807, 2.05) is 44.2 Å². The molecule has 2 rings (SSSR count). The number of para-hydroxylation sites is 1. The molecule has 1 aromatic carbocycles. The number of nitrogens with one attached hydrogen (secondary N) is 1. The van der Waals surface area contributed by atoms with E-state index in [2.05, 4.69) is 10.3 Å². The number of guanidine groups is 1. The van der Waals surface area contributed by atoms with Crippen molar-refractivity contribution in [2.75, 3.05) is 18.5 Å². The molecule has 0 aromatic heterocycles. The van der Waals surface area contributed by atoms with E-state index >= 15 is 0 Å². The predicted molar refractivity (Wildman–Crippen MR) is 89.1 cm³/mol. The zero-order valence-electron chi connectivity index (χ0n) is 13.8. The average Bonchev–Trinajstić information content (AvgIpc) is 2.77. The topological polar surface area (TPSA) is 71.0 Å². The maximum atomic E-state index is 12.5. The number of carbonyl (C=O) groups is 2. The molecule has 1 amide bonds. The minimum Gasteiger partial charge on any atom is -0.465 e.